The molecule has 174 valence electrons. The number of benzene rings is 1. The van der Waals surface area contributed by atoms with Crippen molar-refractivity contribution in [1.82, 2.24) is 20.2 Å². The lowest BCUT2D eigenvalue weighted by Crippen LogP contribution is -2.55. The quantitative estimate of drug-likeness (QED) is 0.728. The van der Waals surface area contributed by atoms with E-state index in [1.165, 1.54) is 16.7 Å². The van der Waals surface area contributed by atoms with Gasteiger partial charge in [0.2, 0.25) is 0 Å². The second kappa shape index (κ2) is 9.88. The highest BCUT2D eigenvalue weighted by molar-refractivity contribution is 5.75. The van der Waals surface area contributed by atoms with Gasteiger partial charge in [0.25, 0.3) is 0 Å². The fourth-order valence-corrected chi connectivity index (χ4v) is 3.90. The monoisotopic (exact) mass is 437 g/mol. The summed E-state index contributed by atoms with van der Waals surface area (Å²) in [5.74, 6) is 2.27. The van der Waals surface area contributed by atoms with Crippen LogP contribution in [0, 0.1) is 13.8 Å². The molecule has 6 nitrogen and oxygen atoms in total. The molecule has 2 aromatic rings. The number of hydrogen-bond donors (Lipinski definition) is 1. The standard InChI is InChI=1S/C26H39N5O/c1-8-19(3)23-27-20(4)22(17-21-11-9-18(2)10-12-21)24(28-23)30-13-15-31(16-14-30)25(32)29-26(5,6)7/h9-12,19H,8,13-17H2,1-7H3,(H,29,32)/t19-/m0/s1. The molecule has 3 rings (SSSR count). The zero-order chi connectivity index (χ0) is 23.5. The lowest BCUT2D eigenvalue weighted by Gasteiger charge is -2.38. The van der Waals surface area contributed by atoms with Gasteiger partial charge in [0.1, 0.15) is 11.6 Å². The van der Waals surface area contributed by atoms with Crippen LogP contribution in [-0.2, 0) is 6.42 Å². The third-order valence-electron chi connectivity index (χ3n) is 6.11. The SMILES string of the molecule is CC[C@H](C)c1nc(C)c(Cc2ccc(C)cc2)c(N2CCN(C(=O)NC(C)(C)C)CC2)n1. The molecule has 32 heavy (non-hydrogen) atoms. The molecule has 1 aromatic carbocycles. The zero-order valence-electron chi connectivity index (χ0n) is 20.8. The summed E-state index contributed by atoms with van der Waals surface area (Å²) in [6.07, 6.45) is 1.82. The molecule has 2 amide bonds. The van der Waals surface area contributed by atoms with Crippen LogP contribution in [0.4, 0.5) is 10.6 Å². The zero-order valence-corrected chi connectivity index (χ0v) is 20.8. The number of hydrogen-bond acceptors (Lipinski definition) is 4. The van der Waals surface area contributed by atoms with Gasteiger partial charge in [-0.25, -0.2) is 14.8 Å². The van der Waals surface area contributed by atoms with Crippen LogP contribution in [0.25, 0.3) is 0 Å². The number of amides is 2. The van der Waals surface area contributed by atoms with E-state index in [-0.39, 0.29) is 11.6 Å². The third kappa shape index (κ3) is 5.99. The summed E-state index contributed by atoms with van der Waals surface area (Å²) in [6.45, 7) is 17.5. The summed E-state index contributed by atoms with van der Waals surface area (Å²) in [5.41, 5.74) is 4.54. The van der Waals surface area contributed by atoms with Crippen LogP contribution in [-0.4, -0.2) is 52.6 Å². The van der Waals surface area contributed by atoms with Crippen LogP contribution in [0.1, 0.15) is 75.2 Å². The van der Waals surface area contributed by atoms with E-state index >= 15 is 0 Å². The predicted octanol–water partition coefficient (Wildman–Crippen LogP) is 4.83. The maximum atomic E-state index is 12.6. The van der Waals surface area contributed by atoms with Crippen molar-refractivity contribution < 1.29 is 4.79 Å². The van der Waals surface area contributed by atoms with Crippen LogP contribution >= 0.6 is 0 Å². The van der Waals surface area contributed by atoms with Gasteiger partial charge < -0.3 is 15.1 Å². The topological polar surface area (TPSA) is 61.4 Å². The van der Waals surface area contributed by atoms with Gasteiger partial charge in [0.15, 0.2) is 0 Å². The molecule has 0 saturated carbocycles. The highest BCUT2D eigenvalue weighted by atomic mass is 16.2. The lowest BCUT2D eigenvalue weighted by molar-refractivity contribution is 0.185. The van der Waals surface area contributed by atoms with Crippen molar-refractivity contribution in [2.75, 3.05) is 31.1 Å². The molecule has 1 atom stereocenters. The molecule has 1 saturated heterocycles. The fourth-order valence-electron chi connectivity index (χ4n) is 3.90. The van der Waals surface area contributed by atoms with Gasteiger partial charge in [-0.15, -0.1) is 0 Å². The van der Waals surface area contributed by atoms with Crippen LogP contribution < -0.4 is 10.2 Å². The average molecular weight is 438 g/mol. The Kier molecular flexibility index (Phi) is 7.42. The van der Waals surface area contributed by atoms with E-state index < -0.39 is 0 Å². The number of nitrogens with one attached hydrogen (secondary N) is 1. The first-order chi connectivity index (χ1) is 15.1. The molecular weight excluding hydrogens is 398 g/mol. The molecule has 6 heteroatoms. The molecule has 0 spiro atoms. The van der Waals surface area contributed by atoms with Gasteiger partial charge in [-0.1, -0.05) is 43.7 Å². The predicted molar refractivity (Wildman–Crippen MR) is 132 cm³/mol. The molecule has 0 radical (unpaired) electrons. The molecular formula is C26H39N5O. The molecule has 1 aliphatic rings. The Morgan fingerprint density at radius 3 is 2.25 bits per heavy atom. The summed E-state index contributed by atoms with van der Waals surface area (Å²) >= 11 is 0. The highest BCUT2D eigenvalue weighted by Crippen LogP contribution is 2.28. The minimum Gasteiger partial charge on any atom is -0.353 e. The van der Waals surface area contributed by atoms with E-state index in [9.17, 15) is 4.79 Å². The molecule has 1 aromatic heterocycles. The molecule has 2 heterocycles. The Morgan fingerprint density at radius 2 is 1.69 bits per heavy atom. The van der Waals surface area contributed by atoms with E-state index in [0.29, 0.717) is 19.0 Å². The summed E-state index contributed by atoms with van der Waals surface area (Å²) in [7, 11) is 0. The number of urea groups is 1. The van der Waals surface area contributed by atoms with Gasteiger partial charge in [-0.05, 0) is 46.6 Å². The summed E-state index contributed by atoms with van der Waals surface area (Å²) < 4.78 is 0. The van der Waals surface area contributed by atoms with Crippen molar-refractivity contribution in [3.05, 3.63) is 52.5 Å². The fraction of sp³-hybridized carbons (Fsp3) is 0.577. The van der Waals surface area contributed by atoms with Crippen molar-refractivity contribution in [3.8, 4) is 0 Å². The van der Waals surface area contributed by atoms with Crippen molar-refractivity contribution in [2.45, 2.75) is 72.8 Å². The van der Waals surface area contributed by atoms with Crippen LogP contribution in [0.15, 0.2) is 24.3 Å². The second-order valence-electron chi connectivity index (χ2n) is 10.1. The lowest BCUT2D eigenvalue weighted by atomic mass is 10.0. The Morgan fingerprint density at radius 1 is 1.06 bits per heavy atom. The number of anilines is 1. The average Bonchev–Trinajstić information content (AvgIpc) is 2.74. The highest BCUT2D eigenvalue weighted by Gasteiger charge is 2.27. The van der Waals surface area contributed by atoms with Crippen molar-refractivity contribution in [3.63, 3.8) is 0 Å². The van der Waals surface area contributed by atoms with E-state index in [1.54, 1.807) is 0 Å². The maximum absolute atomic E-state index is 12.6. The Labute approximate surface area is 193 Å². The number of rotatable bonds is 5. The van der Waals surface area contributed by atoms with Crippen molar-refractivity contribution in [1.29, 1.82) is 0 Å². The van der Waals surface area contributed by atoms with E-state index in [4.69, 9.17) is 9.97 Å². The van der Waals surface area contributed by atoms with Gasteiger partial charge >= 0.3 is 6.03 Å². The van der Waals surface area contributed by atoms with Crippen molar-refractivity contribution >= 4 is 11.8 Å². The minimum absolute atomic E-state index is 0.0104. The van der Waals surface area contributed by atoms with Crippen LogP contribution in [0.3, 0.4) is 0 Å². The molecule has 1 aliphatic heterocycles. The molecule has 0 unspecified atom stereocenters. The Bertz CT molecular complexity index is 924. The van der Waals surface area contributed by atoms with E-state index in [2.05, 4.69) is 62.2 Å². The number of carbonyl (C=O) groups excluding carboxylic acids is 1. The first kappa shape index (κ1) is 24.0. The van der Waals surface area contributed by atoms with Gasteiger partial charge in [0, 0.05) is 55.3 Å². The minimum atomic E-state index is -0.232. The number of carbonyl (C=O) groups is 1. The third-order valence-corrected chi connectivity index (χ3v) is 6.11. The Hall–Kier alpha value is -2.63. The maximum Gasteiger partial charge on any atom is 0.317 e. The molecule has 0 aliphatic carbocycles. The van der Waals surface area contributed by atoms with Crippen LogP contribution in [0.5, 0.6) is 0 Å². The number of piperazine rings is 1. The summed E-state index contributed by atoms with van der Waals surface area (Å²) in [6, 6.07) is 8.71. The van der Waals surface area contributed by atoms with E-state index in [0.717, 1.165) is 43.3 Å². The number of aryl methyl sites for hydroxylation is 2. The summed E-state index contributed by atoms with van der Waals surface area (Å²) in [4.78, 5) is 26.8. The van der Waals surface area contributed by atoms with Gasteiger partial charge in [-0.2, -0.15) is 0 Å². The molecule has 1 N–H and O–H groups in total. The normalized spacial score (nSPS) is 15.6. The van der Waals surface area contributed by atoms with Gasteiger partial charge in [-0.3, -0.25) is 0 Å². The van der Waals surface area contributed by atoms with Crippen LogP contribution in [0.2, 0.25) is 0 Å². The number of aromatic nitrogens is 2. The first-order valence-corrected chi connectivity index (χ1v) is 11.8. The van der Waals surface area contributed by atoms with Crippen molar-refractivity contribution in [2.24, 2.45) is 0 Å². The Balaban J connectivity index is 1.86. The number of nitrogens with zero attached hydrogens (tertiary/aromatic N) is 4. The van der Waals surface area contributed by atoms with E-state index in [1.807, 2.05) is 25.7 Å². The largest absolute Gasteiger partial charge is 0.353 e. The first-order valence-electron chi connectivity index (χ1n) is 11.8. The van der Waals surface area contributed by atoms with Gasteiger partial charge in [0.05, 0.1) is 0 Å². The molecule has 0 bridgehead atoms. The smallest absolute Gasteiger partial charge is 0.317 e. The molecule has 1 fully saturated rings. The summed E-state index contributed by atoms with van der Waals surface area (Å²) in [5, 5.41) is 3.08. The second-order valence-corrected chi connectivity index (χ2v) is 10.1.